The maximum absolute atomic E-state index is 12.0. The Kier molecular flexibility index (Phi) is 6.42. The van der Waals surface area contributed by atoms with Gasteiger partial charge in [0.2, 0.25) is 5.91 Å². The lowest BCUT2D eigenvalue weighted by atomic mass is 10.1. The summed E-state index contributed by atoms with van der Waals surface area (Å²) in [5, 5.41) is 13.6. The third-order valence-corrected chi connectivity index (χ3v) is 3.57. The van der Waals surface area contributed by atoms with E-state index >= 15 is 0 Å². The number of nitrogens with zero attached hydrogens (tertiary/aromatic N) is 2. The number of hydrogen-bond donors (Lipinski definition) is 1. The highest BCUT2D eigenvalue weighted by atomic mass is 16.6. The minimum atomic E-state index is -0.459. The van der Waals surface area contributed by atoms with E-state index in [1.165, 1.54) is 18.2 Å². The average molecular weight is 339 g/mol. The summed E-state index contributed by atoms with van der Waals surface area (Å²) in [6.07, 6.45) is 2.95. The molecular formula is C19H21N3O3. The molecule has 0 aromatic heterocycles. The van der Waals surface area contributed by atoms with E-state index in [4.69, 9.17) is 0 Å². The molecule has 0 fully saturated rings. The average Bonchev–Trinajstić information content (AvgIpc) is 2.59. The Balaban J connectivity index is 1.97. The lowest BCUT2D eigenvalue weighted by molar-refractivity contribution is -0.384. The predicted molar refractivity (Wildman–Crippen MR) is 97.8 cm³/mol. The standard InChI is InChI=1S/C19H21N3O3/c1-21(2)14-17-8-4-3-7-16(17)13-20-19(23)11-10-15-6-5-9-18(12-15)22(24)25/h3-12H,13-14H2,1-2H3,(H,20,23)/b11-10+. The van der Waals surface area contributed by atoms with Crippen LogP contribution in [0.25, 0.3) is 6.08 Å². The summed E-state index contributed by atoms with van der Waals surface area (Å²) in [7, 11) is 3.99. The molecule has 1 amide bonds. The fraction of sp³-hybridized carbons (Fsp3) is 0.211. The highest BCUT2D eigenvalue weighted by Gasteiger charge is 2.06. The zero-order valence-electron chi connectivity index (χ0n) is 14.3. The van der Waals surface area contributed by atoms with Gasteiger partial charge in [-0.05, 0) is 36.9 Å². The first kappa shape index (κ1) is 18.4. The Morgan fingerprint density at radius 3 is 2.56 bits per heavy atom. The van der Waals surface area contributed by atoms with E-state index in [1.807, 2.05) is 38.4 Å². The van der Waals surface area contributed by atoms with Crippen molar-refractivity contribution in [1.29, 1.82) is 0 Å². The van der Waals surface area contributed by atoms with E-state index in [2.05, 4.69) is 10.2 Å². The molecule has 0 aliphatic rings. The first-order chi connectivity index (χ1) is 12.0. The van der Waals surface area contributed by atoms with Crippen molar-refractivity contribution in [2.75, 3.05) is 14.1 Å². The maximum atomic E-state index is 12.0. The Labute approximate surface area is 146 Å². The number of nitro benzene ring substituents is 1. The summed E-state index contributed by atoms with van der Waals surface area (Å²) < 4.78 is 0. The number of benzene rings is 2. The molecule has 0 saturated heterocycles. The van der Waals surface area contributed by atoms with Crippen LogP contribution in [0.1, 0.15) is 16.7 Å². The Hall–Kier alpha value is -2.99. The normalized spacial score (nSPS) is 11.0. The van der Waals surface area contributed by atoms with Crippen LogP contribution in [-0.2, 0) is 17.9 Å². The number of non-ortho nitro benzene ring substituents is 1. The van der Waals surface area contributed by atoms with Crippen molar-refractivity contribution in [3.63, 3.8) is 0 Å². The van der Waals surface area contributed by atoms with Crippen molar-refractivity contribution >= 4 is 17.7 Å². The van der Waals surface area contributed by atoms with Crippen molar-refractivity contribution in [1.82, 2.24) is 10.2 Å². The molecule has 6 heteroatoms. The molecule has 0 radical (unpaired) electrons. The number of nitro groups is 1. The molecule has 0 atom stereocenters. The van der Waals surface area contributed by atoms with E-state index in [-0.39, 0.29) is 11.6 Å². The van der Waals surface area contributed by atoms with Crippen LogP contribution >= 0.6 is 0 Å². The van der Waals surface area contributed by atoms with E-state index in [0.29, 0.717) is 12.1 Å². The molecule has 1 N–H and O–H groups in total. The molecule has 25 heavy (non-hydrogen) atoms. The van der Waals surface area contributed by atoms with E-state index in [9.17, 15) is 14.9 Å². The van der Waals surface area contributed by atoms with E-state index < -0.39 is 4.92 Å². The second kappa shape index (κ2) is 8.75. The van der Waals surface area contributed by atoms with Crippen molar-refractivity contribution in [2.45, 2.75) is 13.1 Å². The molecule has 2 aromatic rings. The van der Waals surface area contributed by atoms with Gasteiger partial charge in [-0.3, -0.25) is 14.9 Å². The summed E-state index contributed by atoms with van der Waals surface area (Å²) in [6.45, 7) is 1.23. The first-order valence-electron chi connectivity index (χ1n) is 7.87. The zero-order valence-corrected chi connectivity index (χ0v) is 14.3. The van der Waals surface area contributed by atoms with Gasteiger partial charge < -0.3 is 10.2 Å². The molecule has 0 aliphatic heterocycles. The molecule has 2 aromatic carbocycles. The van der Waals surface area contributed by atoms with Crippen LogP contribution in [-0.4, -0.2) is 29.8 Å². The highest BCUT2D eigenvalue weighted by Crippen LogP contribution is 2.14. The summed E-state index contributed by atoms with van der Waals surface area (Å²) in [4.78, 5) is 24.4. The Morgan fingerprint density at radius 2 is 1.88 bits per heavy atom. The summed E-state index contributed by atoms with van der Waals surface area (Å²) in [5.74, 6) is -0.244. The fourth-order valence-corrected chi connectivity index (χ4v) is 2.38. The zero-order chi connectivity index (χ0) is 18.2. The minimum absolute atomic E-state index is 0.000158. The van der Waals surface area contributed by atoms with Gasteiger partial charge in [0.05, 0.1) is 4.92 Å². The highest BCUT2D eigenvalue weighted by molar-refractivity contribution is 5.91. The van der Waals surface area contributed by atoms with Gasteiger partial charge in [0.1, 0.15) is 0 Å². The minimum Gasteiger partial charge on any atom is -0.348 e. The van der Waals surface area contributed by atoms with Gasteiger partial charge >= 0.3 is 0 Å². The number of carbonyl (C=O) groups excluding carboxylic acids is 1. The second-order valence-corrected chi connectivity index (χ2v) is 5.91. The molecule has 0 saturated carbocycles. The molecule has 0 aliphatic carbocycles. The second-order valence-electron chi connectivity index (χ2n) is 5.91. The molecule has 0 bridgehead atoms. The van der Waals surface area contributed by atoms with Crippen molar-refractivity contribution in [3.05, 3.63) is 81.4 Å². The molecule has 0 heterocycles. The predicted octanol–water partition coefficient (Wildman–Crippen LogP) is 2.99. The molecule has 0 unspecified atom stereocenters. The Bertz CT molecular complexity index is 785. The van der Waals surface area contributed by atoms with Crippen LogP contribution in [0.3, 0.4) is 0 Å². The van der Waals surface area contributed by atoms with E-state index in [0.717, 1.165) is 17.7 Å². The van der Waals surface area contributed by atoms with Gasteiger partial charge in [0.15, 0.2) is 0 Å². The van der Waals surface area contributed by atoms with Gasteiger partial charge in [0.25, 0.3) is 5.69 Å². The molecule has 130 valence electrons. The largest absolute Gasteiger partial charge is 0.348 e. The van der Waals surface area contributed by atoms with Gasteiger partial charge in [-0.2, -0.15) is 0 Å². The van der Waals surface area contributed by atoms with Crippen molar-refractivity contribution in [2.24, 2.45) is 0 Å². The van der Waals surface area contributed by atoms with Crippen LogP contribution < -0.4 is 5.32 Å². The van der Waals surface area contributed by atoms with Gasteiger partial charge in [-0.15, -0.1) is 0 Å². The molecule has 2 rings (SSSR count). The van der Waals surface area contributed by atoms with Crippen LogP contribution in [0.4, 0.5) is 5.69 Å². The van der Waals surface area contributed by atoms with Gasteiger partial charge in [-0.1, -0.05) is 36.4 Å². The summed E-state index contributed by atoms with van der Waals surface area (Å²) in [6, 6.07) is 14.1. The number of amides is 1. The first-order valence-corrected chi connectivity index (χ1v) is 7.87. The quantitative estimate of drug-likeness (QED) is 0.478. The third-order valence-electron chi connectivity index (χ3n) is 3.57. The lowest BCUT2D eigenvalue weighted by Crippen LogP contribution is -2.22. The number of rotatable bonds is 7. The summed E-state index contributed by atoms with van der Waals surface area (Å²) in [5.41, 5.74) is 2.83. The van der Waals surface area contributed by atoms with Crippen LogP contribution in [0.15, 0.2) is 54.6 Å². The number of hydrogen-bond acceptors (Lipinski definition) is 4. The van der Waals surface area contributed by atoms with Crippen molar-refractivity contribution < 1.29 is 9.72 Å². The summed E-state index contributed by atoms with van der Waals surface area (Å²) >= 11 is 0. The van der Waals surface area contributed by atoms with Crippen LogP contribution in [0.5, 0.6) is 0 Å². The smallest absolute Gasteiger partial charge is 0.270 e. The molecular weight excluding hydrogens is 318 g/mol. The SMILES string of the molecule is CN(C)Cc1ccccc1CNC(=O)/C=C/c1cccc([N+](=O)[O-])c1. The Morgan fingerprint density at radius 1 is 1.16 bits per heavy atom. The van der Waals surface area contributed by atoms with Crippen LogP contribution in [0.2, 0.25) is 0 Å². The van der Waals surface area contributed by atoms with Gasteiger partial charge in [-0.25, -0.2) is 0 Å². The maximum Gasteiger partial charge on any atom is 0.270 e. The van der Waals surface area contributed by atoms with Crippen LogP contribution in [0, 0.1) is 10.1 Å². The van der Waals surface area contributed by atoms with E-state index in [1.54, 1.807) is 18.2 Å². The molecule has 0 spiro atoms. The monoisotopic (exact) mass is 339 g/mol. The topological polar surface area (TPSA) is 75.5 Å². The number of nitrogens with one attached hydrogen (secondary N) is 1. The van der Waals surface area contributed by atoms with Gasteiger partial charge in [0, 0.05) is 31.3 Å². The molecule has 6 nitrogen and oxygen atoms in total. The lowest BCUT2D eigenvalue weighted by Gasteiger charge is -2.14. The third kappa shape index (κ3) is 5.86. The van der Waals surface area contributed by atoms with Crippen molar-refractivity contribution in [3.8, 4) is 0 Å². The number of carbonyl (C=O) groups is 1. The fourth-order valence-electron chi connectivity index (χ4n) is 2.38.